The number of hydrogen-bond donors (Lipinski definition) is 1. The molecule has 0 fully saturated rings. The third-order valence-corrected chi connectivity index (χ3v) is 5.83. The molecule has 138 valence electrons. The van der Waals surface area contributed by atoms with E-state index in [0.29, 0.717) is 22.7 Å². The standard InChI is InChI=1S/C16H13ClN6O3S/c1-9-13(14(17)23(2)21-9)27(24,25)22-12-8-10(5-7-18-12)16-20-15-11(26-16)4-3-6-19-15/h3-8H,1-2H3,(H,18,22). The van der Waals surface area contributed by atoms with E-state index in [1.807, 2.05) is 0 Å². The van der Waals surface area contributed by atoms with Crippen molar-refractivity contribution in [1.29, 1.82) is 0 Å². The summed E-state index contributed by atoms with van der Waals surface area (Å²) in [6.07, 6.45) is 3.06. The van der Waals surface area contributed by atoms with Crippen molar-refractivity contribution in [2.45, 2.75) is 11.8 Å². The van der Waals surface area contributed by atoms with Crippen molar-refractivity contribution in [1.82, 2.24) is 24.7 Å². The van der Waals surface area contributed by atoms with Crippen LogP contribution in [0, 0.1) is 6.92 Å². The minimum atomic E-state index is -3.97. The molecule has 4 aromatic rings. The second-order valence-corrected chi connectivity index (χ2v) is 7.69. The highest BCUT2D eigenvalue weighted by atomic mass is 35.5. The number of hydrogen-bond acceptors (Lipinski definition) is 7. The van der Waals surface area contributed by atoms with E-state index in [-0.39, 0.29) is 21.6 Å². The topological polar surface area (TPSA) is 116 Å². The monoisotopic (exact) mass is 404 g/mol. The average molecular weight is 405 g/mol. The summed E-state index contributed by atoms with van der Waals surface area (Å²) in [4.78, 5) is 12.4. The zero-order valence-electron chi connectivity index (χ0n) is 14.2. The van der Waals surface area contributed by atoms with E-state index >= 15 is 0 Å². The number of anilines is 1. The Kier molecular flexibility index (Phi) is 4.08. The zero-order valence-corrected chi connectivity index (χ0v) is 15.8. The Morgan fingerprint density at radius 3 is 2.74 bits per heavy atom. The summed E-state index contributed by atoms with van der Waals surface area (Å²) in [6, 6.07) is 6.66. The third kappa shape index (κ3) is 3.13. The van der Waals surface area contributed by atoms with E-state index in [9.17, 15) is 8.42 Å². The predicted molar refractivity (Wildman–Crippen MR) is 98.8 cm³/mol. The number of nitrogens with zero attached hydrogens (tertiary/aromatic N) is 5. The maximum absolute atomic E-state index is 12.7. The maximum atomic E-state index is 12.7. The molecule has 11 heteroatoms. The summed E-state index contributed by atoms with van der Waals surface area (Å²) >= 11 is 6.07. The number of oxazole rings is 1. The molecule has 0 aliphatic carbocycles. The summed E-state index contributed by atoms with van der Waals surface area (Å²) in [6.45, 7) is 1.57. The molecule has 0 aliphatic heterocycles. The molecule has 0 bridgehead atoms. The van der Waals surface area contributed by atoms with Crippen LogP contribution in [0.15, 0.2) is 46.0 Å². The Hall–Kier alpha value is -2.98. The molecule has 0 amide bonds. The first kappa shape index (κ1) is 17.4. The van der Waals surface area contributed by atoms with Gasteiger partial charge in [-0.3, -0.25) is 9.40 Å². The first-order chi connectivity index (χ1) is 12.8. The van der Waals surface area contributed by atoms with Crippen LogP contribution in [0.25, 0.3) is 22.7 Å². The highest BCUT2D eigenvalue weighted by molar-refractivity contribution is 7.92. The molecule has 0 saturated heterocycles. The molecule has 0 radical (unpaired) electrons. The van der Waals surface area contributed by atoms with Crippen molar-refractivity contribution in [3.8, 4) is 11.5 Å². The Bertz CT molecular complexity index is 1230. The lowest BCUT2D eigenvalue weighted by atomic mass is 10.2. The molecule has 0 atom stereocenters. The number of rotatable bonds is 4. The van der Waals surface area contributed by atoms with Gasteiger partial charge in [0.15, 0.2) is 11.2 Å². The van der Waals surface area contributed by atoms with Crippen LogP contribution in [-0.4, -0.2) is 33.2 Å². The minimum Gasteiger partial charge on any atom is -0.434 e. The Morgan fingerprint density at radius 1 is 1.22 bits per heavy atom. The van der Waals surface area contributed by atoms with Gasteiger partial charge in [-0.2, -0.15) is 10.1 Å². The van der Waals surface area contributed by atoms with Gasteiger partial charge in [0.2, 0.25) is 5.89 Å². The summed E-state index contributed by atoms with van der Waals surface area (Å²) in [5, 5.41) is 4.04. The lowest BCUT2D eigenvalue weighted by molar-refractivity contribution is 0.600. The first-order valence-electron chi connectivity index (χ1n) is 7.75. The van der Waals surface area contributed by atoms with Crippen molar-refractivity contribution in [2.24, 2.45) is 7.05 Å². The first-order valence-corrected chi connectivity index (χ1v) is 9.61. The number of fused-ring (bicyclic) bond motifs is 1. The molecule has 0 unspecified atom stereocenters. The number of aromatic nitrogens is 5. The molecule has 0 aliphatic rings. The van der Waals surface area contributed by atoms with Crippen LogP contribution >= 0.6 is 11.6 Å². The number of sulfonamides is 1. The SMILES string of the molecule is Cc1nn(C)c(Cl)c1S(=O)(=O)Nc1cc(-c2nc3ncccc3o2)ccn1. The van der Waals surface area contributed by atoms with Crippen LogP contribution in [0.3, 0.4) is 0 Å². The molecule has 4 aromatic heterocycles. The number of aryl methyl sites for hydroxylation is 2. The fourth-order valence-electron chi connectivity index (χ4n) is 2.62. The van der Waals surface area contributed by atoms with E-state index in [1.165, 1.54) is 16.9 Å². The number of pyridine rings is 2. The van der Waals surface area contributed by atoms with Gasteiger partial charge in [0.1, 0.15) is 15.9 Å². The molecule has 0 saturated carbocycles. The van der Waals surface area contributed by atoms with Gasteiger partial charge in [-0.1, -0.05) is 11.6 Å². The van der Waals surface area contributed by atoms with E-state index in [2.05, 4.69) is 24.8 Å². The number of halogens is 1. The Balaban J connectivity index is 1.70. The second-order valence-electron chi connectivity index (χ2n) is 5.71. The van der Waals surface area contributed by atoms with E-state index in [4.69, 9.17) is 16.0 Å². The predicted octanol–water partition coefficient (Wildman–Crippen LogP) is 2.78. The van der Waals surface area contributed by atoms with E-state index in [1.54, 1.807) is 38.4 Å². The maximum Gasteiger partial charge on any atom is 0.267 e. The molecule has 0 spiro atoms. The molecular weight excluding hydrogens is 392 g/mol. The van der Waals surface area contributed by atoms with Gasteiger partial charge in [0.25, 0.3) is 10.0 Å². The van der Waals surface area contributed by atoms with Gasteiger partial charge < -0.3 is 4.42 Å². The van der Waals surface area contributed by atoms with Gasteiger partial charge in [-0.25, -0.2) is 18.4 Å². The molecule has 9 nitrogen and oxygen atoms in total. The van der Waals surface area contributed by atoms with Crippen molar-refractivity contribution in [3.05, 3.63) is 47.5 Å². The highest BCUT2D eigenvalue weighted by Crippen LogP contribution is 2.28. The van der Waals surface area contributed by atoms with Crippen LogP contribution in [0.4, 0.5) is 5.82 Å². The average Bonchev–Trinajstić information content (AvgIpc) is 3.15. The lowest BCUT2D eigenvalue weighted by Gasteiger charge is -2.07. The summed E-state index contributed by atoms with van der Waals surface area (Å²) in [5.41, 5.74) is 1.83. The van der Waals surface area contributed by atoms with Gasteiger partial charge >= 0.3 is 0 Å². The van der Waals surface area contributed by atoms with Gasteiger partial charge in [0, 0.05) is 25.0 Å². The second kappa shape index (κ2) is 6.32. The van der Waals surface area contributed by atoms with E-state index in [0.717, 1.165) is 0 Å². The van der Waals surface area contributed by atoms with Crippen LogP contribution < -0.4 is 4.72 Å². The fraction of sp³-hybridized carbons (Fsp3) is 0.125. The molecule has 27 heavy (non-hydrogen) atoms. The van der Waals surface area contributed by atoms with Crippen LogP contribution in [0.2, 0.25) is 5.15 Å². The third-order valence-electron chi connectivity index (χ3n) is 3.78. The minimum absolute atomic E-state index is 0.0150. The lowest BCUT2D eigenvalue weighted by Crippen LogP contribution is -2.15. The molecule has 4 rings (SSSR count). The van der Waals surface area contributed by atoms with Crippen LogP contribution in [0.1, 0.15) is 5.69 Å². The fourth-order valence-corrected chi connectivity index (χ4v) is 4.37. The van der Waals surface area contributed by atoms with Gasteiger partial charge in [-0.05, 0) is 31.2 Å². The van der Waals surface area contributed by atoms with Gasteiger partial charge in [0.05, 0.1) is 5.69 Å². The Morgan fingerprint density at radius 2 is 2.04 bits per heavy atom. The normalized spacial score (nSPS) is 11.8. The molecule has 4 heterocycles. The smallest absolute Gasteiger partial charge is 0.267 e. The molecule has 0 aromatic carbocycles. The largest absolute Gasteiger partial charge is 0.434 e. The molecule has 1 N–H and O–H groups in total. The van der Waals surface area contributed by atoms with Crippen molar-refractivity contribution >= 4 is 38.7 Å². The van der Waals surface area contributed by atoms with Crippen LogP contribution in [-0.2, 0) is 17.1 Å². The molecular formula is C16H13ClN6O3S. The number of nitrogens with one attached hydrogen (secondary N) is 1. The summed E-state index contributed by atoms with van der Waals surface area (Å²) < 4.78 is 34.8. The quantitative estimate of drug-likeness (QED) is 0.555. The highest BCUT2D eigenvalue weighted by Gasteiger charge is 2.26. The summed E-state index contributed by atoms with van der Waals surface area (Å²) in [5.74, 6) is 0.407. The summed E-state index contributed by atoms with van der Waals surface area (Å²) in [7, 11) is -2.40. The van der Waals surface area contributed by atoms with Crippen LogP contribution in [0.5, 0.6) is 0 Å². The van der Waals surface area contributed by atoms with Gasteiger partial charge in [-0.15, -0.1) is 0 Å². The zero-order chi connectivity index (χ0) is 19.2. The Labute approximate surface area is 159 Å². The van der Waals surface area contributed by atoms with E-state index < -0.39 is 10.0 Å². The van der Waals surface area contributed by atoms with Crippen molar-refractivity contribution in [2.75, 3.05) is 4.72 Å². The van der Waals surface area contributed by atoms with Crippen molar-refractivity contribution in [3.63, 3.8) is 0 Å². The van der Waals surface area contributed by atoms with Crippen molar-refractivity contribution < 1.29 is 12.8 Å².